The van der Waals surface area contributed by atoms with Gasteiger partial charge in [-0.3, -0.25) is 4.79 Å². The molecule has 1 rings (SSSR count). The number of hydrogen-bond donors (Lipinski definition) is 1. The van der Waals surface area contributed by atoms with Crippen LogP contribution in [0.4, 0.5) is 0 Å². The number of rotatable bonds is 7. The Morgan fingerprint density at radius 3 is 2.63 bits per heavy atom. The van der Waals surface area contributed by atoms with E-state index in [-0.39, 0.29) is 24.8 Å². The van der Waals surface area contributed by atoms with Crippen molar-refractivity contribution in [3.8, 4) is 0 Å². The van der Waals surface area contributed by atoms with Gasteiger partial charge in [0.25, 0.3) is 0 Å². The van der Waals surface area contributed by atoms with Crippen LogP contribution in [-0.2, 0) is 19.0 Å². The second kappa shape index (κ2) is 7.62. The summed E-state index contributed by atoms with van der Waals surface area (Å²) in [5.74, 6) is -0.806. The van der Waals surface area contributed by atoms with Gasteiger partial charge in [-0.2, -0.15) is 0 Å². The molecule has 110 valence electrons. The van der Waals surface area contributed by atoms with E-state index in [2.05, 4.69) is 4.74 Å². The lowest BCUT2D eigenvalue weighted by Crippen LogP contribution is -2.25. The first-order valence-electron chi connectivity index (χ1n) is 6.67. The first-order chi connectivity index (χ1) is 8.98. The highest BCUT2D eigenvalue weighted by Crippen LogP contribution is 2.29. The lowest BCUT2D eigenvalue weighted by atomic mass is 10.1. The number of aliphatic hydroxyl groups excluding tert-OH is 1. The molecule has 1 fully saturated rings. The van der Waals surface area contributed by atoms with Crippen molar-refractivity contribution in [2.45, 2.75) is 57.5 Å². The fourth-order valence-corrected chi connectivity index (χ4v) is 2.08. The minimum atomic E-state index is -0.628. The molecule has 2 atom stereocenters. The van der Waals surface area contributed by atoms with Gasteiger partial charge in [-0.15, -0.1) is 0 Å². The summed E-state index contributed by atoms with van der Waals surface area (Å²) < 4.78 is 15.8. The SMILES string of the molecule is COC(=O)CCC/C=C\C[C@@H]1OC(C)(C)O[C@@H]1CO. The van der Waals surface area contributed by atoms with Crippen molar-refractivity contribution in [3.63, 3.8) is 0 Å². The lowest BCUT2D eigenvalue weighted by Gasteiger charge is -2.16. The van der Waals surface area contributed by atoms with Gasteiger partial charge in [-0.1, -0.05) is 12.2 Å². The summed E-state index contributed by atoms with van der Waals surface area (Å²) in [5, 5.41) is 9.22. The van der Waals surface area contributed by atoms with Crippen molar-refractivity contribution in [1.82, 2.24) is 0 Å². The number of aliphatic hydroxyl groups is 1. The van der Waals surface area contributed by atoms with Crippen LogP contribution in [0.5, 0.6) is 0 Å². The molecule has 0 aliphatic carbocycles. The monoisotopic (exact) mass is 272 g/mol. The molecular formula is C14H24O5. The smallest absolute Gasteiger partial charge is 0.305 e. The van der Waals surface area contributed by atoms with Crippen molar-refractivity contribution in [3.05, 3.63) is 12.2 Å². The van der Waals surface area contributed by atoms with E-state index in [1.165, 1.54) is 7.11 Å². The number of carbonyl (C=O) groups is 1. The maximum Gasteiger partial charge on any atom is 0.305 e. The normalized spacial score (nSPS) is 25.9. The number of carbonyl (C=O) groups excluding carboxylic acids is 1. The summed E-state index contributed by atoms with van der Waals surface area (Å²) in [5.41, 5.74) is 0. The summed E-state index contributed by atoms with van der Waals surface area (Å²) in [6.07, 6.45) is 6.40. The first-order valence-corrected chi connectivity index (χ1v) is 6.67. The Balaban J connectivity index is 2.22. The van der Waals surface area contributed by atoms with Crippen LogP contribution >= 0.6 is 0 Å². The zero-order valence-electron chi connectivity index (χ0n) is 11.9. The average molecular weight is 272 g/mol. The van der Waals surface area contributed by atoms with Gasteiger partial charge in [0.1, 0.15) is 6.10 Å². The number of hydrogen-bond acceptors (Lipinski definition) is 5. The van der Waals surface area contributed by atoms with Gasteiger partial charge in [-0.05, 0) is 33.1 Å². The minimum absolute atomic E-state index is 0.0374. The molecule has 0 radical (unpaired) electrons. The second-order valence-corrected chi connectivity index (χ2v) is 5.07. The van der Waals surface area contributed by atoms with Crippen LogP contribution in [0.15, 0.2) is 12.2 Å². The molecule has 1 aliphatic rings. The molecule has 19 heavy (non-hydrogen) atoms. The minimum Gasteiger partial charge on any atom is -0.469 e. The number of allylic oxidation sites excluding steroid dienone is 1. The Labute approximate surface area is 114 Å². The van der Waals surface area contributed by atoms with E-state index >= 15 is 0 Å². The van der Waals surface area contributed by atoms with E-state index in [1.54, 1.807) is 0 Å². The van der Waals surface area contributed by atoms with E-state index in [0.29, 0.717) is 12.8 Å². The predicted octanol–water partition coefficient (Wildman–Crippen LogP) is 1.79. The van der Waals surface area contributed by atoms with E-state index in [1.807, 2.05) is 26.0 Å². The summed E-state index contributed by atoms with van der Waals surface area (Å²) in [4.78, 5) is 10.9. The van der Waals surface area contributed by atoms with E-state index in [9.17, 15) is 9.90 Å². The number of unbranched alkanes of at least 4 members (excludes halogenated alkanes) is 1. The van der Waals surface area contributed by atoms with Crippen LogP contribution in [-0.4, -0.2) is 42.8 Å². The number of methoxy groups -OCH3 is 1. The Morgan fingerprint density at radius 1 is 1.32 bits per heavy atom. The molecule has 0 amide bonds. The first kappa shape index (κ1) is 16.1. The van der Waals surface area contributed by atoms with Crippen LogP contribution in [0.25, 0.3) is 0 Å². The second-order valence-electron chi connectivity index (χ2n) is 5.07. The van der Waals surface area contributed by atoms with Crippen molar-refractivity contribution in [2.24, 2.45) is 0 Å². The highest BCUT2D eigenvalue weighted by molar-refractivity contribution is 5.68. The van der Waals surface area contributed by atoms with Crippen molar-refractivity contribution >= 4 is 5.97 Å². The molecule has 0 aromatic heterocycles. The van der Waals surface area contributed by atoms with Gasteiger partial charge in [0.15, 0.2) is 5.79 Å². The molecule has 0 aromatic carbocycles. The summed E-state index contributed by atoms with van der Waals surface area (Å²) in [6.45, 7) is 3.65. The van der Waals surface area contributed by atoms with Gasteiger partial charge in [0.2, 0.25) is 0 Å². The Hall–Kier alpha value is -0.910. The zero-order valence-corrected chi connectivity index (χ0v) is 11.9. The summed E-state index contributed by atoms with van der Waals surface area (Å²) >= 11 is 0. The molecule has 1 N–H and O–H groups in total. The lowest BCUT2D eigenvalue weighted by molar-refractivity contribution is -0.148. The third-order valence-electron chi connectivity index (χ3n) is 2.98. The topological polar surface area (TPSA) is 65.0 Å². The molecule has 1 heterocycles. The summed E-state index contributed by atoms with van der Waals surface area (Å²) in [6, 6.07) is 0. The Kier molecular flexibility index (Phi) is 6.48. The van der Waals surface area contributed by atoms with Crippen LogP contribution in [0, 0.1) is 0 Å². The molecule has 0 spiro atoms. The van der Waals surface area contributed by atoms with Crippen LogP contribution in [0.3, 0.4) is 0 Å². The van der Waals surface area contributed by atoms with Gasteiger partial charge in [0.05, 0.1) is 19.8 Å². The third-order valence-corrected chi connectivity index (χ3v) is 2.98. The quantitative estimate of drug-likeness (QED) is 0.435. The van der Waals surface area contributed by atoms with Gasteiger partial charge in [-0.25, -0.2) is 0 Å². The fourth-order valence-electron chi connectivity index (χ4n) is 2.08. The molecular weight excluding hydrogens is 248 g/mol. The van der Waals surface area contributed by atoms with E-state index in [0.717, 1.165) is 12.8 Å². The number of esters is 1. The molecule has 1 saturated heterocycles. The predicted molar refractivity (Wildman–Crippen MR) is 70.5 cm³/mol. The maximum atomic E-state index is 10.9. The fraction of sp³-hybridized carbons (Fsp3) is 0.786. The van der Waals surface area contributed by atoms with Crippen molar-refractivity contribution < 1.29 is 24.1 Å². The molecule has 0 bridgehead atoms. The molecule has 5 heteroatoms. The van der Waals surface area contributed by atoms with Crippen LogP contribution in [0.1, 0.15) is 39.5 Å². The van der Waals surface area contributed by atoms with Gasteiger partial charge < -0.3 is 19.3 Å². The molecule has 5 nitrogen and oxygen atoms in total. The molecule has 0 unspecified atom stereocenters. The van der Waals surface area contributed by atoms with Crippen LogP contribution in [0.2, 0.25) is 0 Å². The van der Waals surface area contributed by atoms with Crippen molar-refractivity contribution in [2.75, 3.05) is 13.7 Å². The maximum absolute atomic E-state index is 10.9. The largest absolute Gasteiger partial charge is 0.469 e. The standard InChI is InChI=1S/C14H24O5/c1-14(2)18-11(12(10-15)19-14)8-6-4-5-7-9-13(16)17-3/h4,6,11-12,15H,5,7-10H2,1-3H3/b6-4-/t11-,12+/m0/s1. The Morgan fingerprint density at radius 2 is 2.00 bits per heavy atom. The Bertz CT molecular complexity index is 311. The van der Waals surface area contributed by atoms with Gasteiger partial charge >= 0.3 is 5.97 Å². The van der Waals surface area contributed by atoms with E-state index < -0.39 is 5.79 Å². The van der Waals surface area contributed by atoms with E-state index in [4.69, 9.17) is 9.47 Å². The van der Waals surface area contributed by atoms with Gasteiger partial charge in [0, 0.05) is 6.42 Å². The molecule has 0 saturated carbocycles. The molecule has 0 aromatic rings. The summed E-state index contributed by atoms with van der Waals surface area (Å²) in [7, 11) is 1.40. The van der Waals surface area contributed by atoms with Crippen LogP contribution < -0.4 is 0 Å². The molecule has 1 aliphatic heterocycles. The highest BCUT2D eigenvalue weighted by atomic mass is 16.8. The van der Waals surface area contributed by atoms with Crippen molar-refractivity contribution in [1.29, 1.82) is 0 Å². The third kappa shape index (κ3) is 5.72. The zero-order chi connectivity index (χ0) is 14.3. The highest BCUT2D eigenvalue weighted by Gasteiger charge is 2.39. The number of ether oxygens (including phenoxy) is 3. The average Bonchev–Trinajstić information content (AvgIpc) is 2.67.